The number of hydrogen-bond donors (Lipinski definition) is 0. The molecule has 1 aliphatic rings. The van der Waals surface area contributed by atoms with Crippen molar-refractivity contribution in [1.29, 1.82) is 0 Å². The lowest BCUT2D eigenvalue weighted by Gasteiger charge is -2.30. The van der Waals surface area contributed by atoms with Crippen molar-refractivity contribution in [2.24, 2.45) is 5.41 Å². The third-order valence-corrected chi connectivity index (χ3v) is 4.72. The van der Waals surface area contributed by atoms with Crippen LogP contribution < -0.4 is 0 Å². The highest BCUT2D eigenvalue weighted by atomic mass is 32.2. The molecule has 2 rings (SSSR count). The van der Waals surface area contributed by atoms with Gasteiger partial charge in [-0.2, -0.15) is 0 Å². The summed E-state index contributed by atoms with van der Waals surface area (Å²) in [5.74, 6) is 0.263. The summed E-state index contributed by atoms with van der Waals surface area (Å²) < 4.78 is 24.8. The minimum Gasteiger partial charge on any atom is -0.347 e. The molecule has 4 nitrogen and oxygen atoms in total. The van der Waals surface area contributed by atoms with Crippen LogP contribution in [0.1, 0.15) is 49.3 Å². The first-order valence-electron chi connectivity index (χ1n) is 6.50. The number of Topliss-reactive ketones (excluding diaryl/α,β-unsaturated/α-hetero) is 1. The number of carbonyl (C=O) groups is 1. The van der Waals surface area contributed by atoms with E-state index in [1.165, 1.54) is 6.26 Å². The fourth-order valence-corrected chi connectivity index (χ4v) is 3.93. The maximum Gasteiger partial charge on any atom is 0.165 e. The molecule has 0 fully saturated rings. The van der Waals surface area contributed by atoms with E-state index in [-0.39, 0.29) is 23.0 Å². The summed E-state index contributed by atoms with van der Waals surface area (Å²) >= 11 is 0. The predicted octanol–water partition coefficient (Wildman–Crippen LogP) is 2.25. The van der Waals surface area contributed by atoms with E-state index in [1.54, 1.807) is 0 Å². The normalized spacial score (nSPS) is 20.1. The Bertz CT molecular complexity index is 611. The van der Waals surface area contributed by atoms with Crippen molar-refractivity contribution >= 4 is 15.6 Å². The van der Waals surface area contributed by atoms with Crippen LogP contribution in [-0.2, 0) is 16.3 Å². The summed E-state index contributed by atoms with van der Waals surface area (Å²) in [6.45, 7) is 6.03. The topological polar surface area (TPSA) is 56.1 Å². The Morgan fingerprint density at radius 2 is 2.00 bits per heavy atom. The van der Waals surface area contributed by atoms with Gasteiger partial charge in [0.05, 0.1) is 5.75 Å². The fourth-order valence-electron chi connectivity index (χ4n) is 2.90. The van der Waals surface area contributed by atoms with Gasteiger partial charge < -0.3 is 4.57 Å². The fraction of sp³-hybridized carbons (Fsp3) is 0.643. The molecule has 0 bridgehead atoms. The van der Waals surface area contributed by atoms with Gasteiger partial charge in [0.15, 0.2) is 5.78 Å². The van der Waals surface area contributed by atoms with Crippen molar-refractivity contribution in [3.8, 4) is 0 Å². The average molecular weight is 283 g/mol. The molecule has 0 spiro atoms. The largest absolute Gasteiger partial charge is 0.347 e. The Morgan fingerprint density at radius 1 is 1.37 bits per heavy atom. The van der Waals surface area contributed by atoms with Gasteiger partial charge in [-0.15, -0.1) is 0 Å². The molecule has 19 heavy (non-hydrogen) atoms. The third-order valence-electron chi connectivity index (χ3n) is 3.63. The van der Waals surface area contributed by atoms with Crippen LogP contribution in [0.4, 0.5) is 0 Å². The quantitative estimate of drug-likeness (QED) is 0.855. The van der Waals surface area contributed by atoms with Crippen molar-refractivity contribution in [3.63, 3.8) is 0 Å². The molecule has 0 amide bonds. The lowest BCUT2D eigenvalue weighted by atomic mass is 9.76. The highest BCUT2D eigenvalue weighted by molar-refractivity contribution is 7.90. The lowest BCUT2D eigenvalue weighted by molar-refractivity contribution is 0.0909. The van der Waals surface area contributed by atoms with E-state index in [0.717, 1.165) is 17.7 Å². The Labute approximate surface area is 114 Å². The van der Waals surface area contributed by atoms with Gasteiger partial charge in [0.2, 0.25) is 0 Å². The van der Waals surface area contributed by atoms with E-state index in [0.29, 0.717) is 6.42 Å². The second kappa shape index (κ2) is 4.47. The highest BCUT2D eigenvalue weighted by Gasteiger charge is 2.33. The van der Waals surface area contributed by atoms with Crippen molar-refractivity contribution in [1.82, 2.24) is 4.57 Å². The summed E-state index contributed by atoms with van der Waals surface area (Å²) in [5, 5.41) is 0. The summed E-state index contributed by atoms with van der Waals surface area (Å²) in [6, 6.07) is 1.69. The molecule has 5 heteroatoms. The van der Waals surface area contributed by atoms with E-state index in [9.17, 15) is 13.2 Å². The van der Waals surface area contributed by atoms with Crippen molar-refractivity contribution in [2.75, 3.05) is 12.0 Å². The minimum absolute atomic E-state index is 0.0506. The third kappa shape index (κ3) is 3.08. The van der Waals surface area contributed by atoms with Crippen LogP contribution in [0, 0.1) is 5.41 Å². The first kappa shape index (κ1) is 14.3. The summed E-state index contributed by atoms with van der Waals surface area (Å²) in [5.41, 5.74) is 1.70. The molecule has 0 aliphatic heterocycles. The van der Waals surface area contributed by atoms with Crippen molar-refractivity contribution in [3.05, 3.63) is 23.5 Å². The Hall–Kier alpha value is -1.10. The molecule has 1 heterocycles. The molecule has 1 aliphatic carbocycles. The van der Waals surface area contributed by atoms with Crippen LogP contribution in [0.3, 0.4) is 0 Å². The van der Waals surface area contributed by atoms with Crippen LogP contribution >= 0.6 is 0 Å². The average Bonchev–Trinajstić information content (AvgIpc) is 2.56. The van der Waals surface area contributed by atoms with Gasteiger partial charge in [0.1, 0.15) is 9.84 Å². The van der Waals surface area contributed by atoms with Crippen LogP contribution in [0.25, 0.3) is 0 Å². The summed E-state index contributed by atoms with van der Waals surface area (Å²) in [6.07, 6.45) is 4.47. The van der Waals surface area contributed by atoms with E-state index in [2.05, 4.69) is 13.8 Å². The zero-order valence-electron chi connectivity index (χ0n) is 11.9. The molecule has 106 valence electrons. The van der Waals surface area contributed by atoms with Gasteiger partial charge in [-0.1, -0.05) is 13.8 Å². The van der Waals surface area contributed by atoms with E-state index >= 15 is 0 Å². The van der Waals surface area contributed by atoms with Crippen LogP contribution in [0.15, 0.2) is 12.3 Å². The second-order valence-corrected chi connectivity index (χ2v) is 8.65. The van der Waals surface area contributed by atoms with E-state index in [1.807, 2.05) is 23.8 Å². The van der Waals surface area contributed by atoms with Gasteiger partial charge in [-0.3, -0.25) is 4.79 Å². The van der Waals surface area contributed by atoms with Crippen LogP contribution in [0.5, 0.6) is 0 Å². The monoisotopic (exact) mass is 283 g/mol. The molecular weight excluding hydrogens is 262 g/mol. The Morgan fingerprint density at radius 3 is 2.58 bits per heavy atom. The van der Waals surface area contributed by atoms with Crippen molar-refractivity contribution in [2.45, 2.75) is 39.7 Å². The molecule has 0 saturated heterocycles. The maximum atomic E-state index is 12.1. The zero-order valence-corrected chi connectivity index (χ0v) is 12.8. The number of fused-ring (bicyclic) bond motifs is 1. The summed E-state index contributed by atoms with van der Waals surface area (Å²) in [4.78, 5) is 12.1. The molecule has 0 saturated carbocycles. The van der Waals surface area contributed by atoms with E-state index < -0.39 is 9.84 Å². The number of rotatable bonds is 3. The predicted molar refractivity (Wildman–Crippen MR) is 75.3 cm³/mol. The van der Waals surface area contributed by atoms with Crippen LogP contribution in [-0.4, -0.2) is 30.8 Å². The molecule has 0 radical (unpaired) electrons. The van der Waals surface area contributed by atoms with Gasteiger partial charge >= 0.3 is 0 Å². The summed E-state index contributed by atoms with van der Waals surface area (Å²) in [7, 11) is -3.02. The highest BCUT2D eigenvalue weighted by Crippen LogP contribution is 2.36. The van der Waals surface area contributed by atoms with E-state index in [4.69, 9.17) is 0 Å². The number of nitrogens with zero attached hydrogens (tertiary/aromatic N) is 1. The first-order valence-corrected chi connectivity index (χ1v) is 8.56. The van der Waals surface area contributed by atoms with Gasteiger partial charge in [-0.05, 0) is 24.8 Å². The second-order valence-electron chi connectivity index (χ2n) is 6.47. The van der Waals surface area contributed by atoms with Crippen molar-refractivity contribution < 1.29 is 13.2 Å². The SMILES string of the molecule is CC(CS(C)(=O)=O)n1ccc2c1CC(C)(C)CC2=O. The van der Waals surface area contributed by atoms with Gasteiger partial charge in [-0.25, -0.2) is 8.42 Å². The standard InChI is InChI=1S/C14H21NO3S/c1-10(9-19(4,17)18)15-6-5-11-12(15)7-14(2,3)8-13(11)16/h5-6,10H,7-9H2,1-4H3. The van der Waals surface area contributed by atoms with Crippen LogP contribution in [0.2, 0.25) is 0 Å². The van der Waals surface area contributed by atoms with Gasteiger partial charge in [0, 0.05) is 36.2 Å². The number of sulfone groups is 1. The minimum atomic E-state index is -3.02. The lowest BCUT2D eigenvalue weighted by Crippen LogP contribution is -2.29. The maximum absolute atomic E-state index is 12.1. The molecule has 1 unspecified atom stereocenters. The number of ketones is 1. The Kier molecular flexibility index (Phi) is 3.37. The molecule has 1 aromatic rings. The van der Waals surface area contributed by atoms with Gasteiger partial charge in [0.25, 0.3) is 0 Å². The number of hydrogen-bond acceptors (Lipinski definition) is 3. The zero-order chi connectivity index (χ0) is 14.4. The molecule has 1 aromatic heterocycles. The molecule has 0 aromatic carbocycles. The first-order chi connectivity index (χ1) is 8.59. The molecule has 0 N–H and O–H groups in total. The smallest absolute Gasteiger partial charge is 0.165 e. The number of aromatic nitrogens is 1. The molecular formula is C14H21NO3S. The Balaban J connectivity index is 2.38. The molecule has 1 atom stereocenters. The number of carbonyl (C=O) groups excluding carboxylic acids is 1.